The minimum Gasteiger partial charge on any atom is -0.399 e. The van der Waals surface area contributed by atoms with Gasteiger partial charge in [-0.2, -0.15) is 0 Å². The van der Waals surface area contributed by atoms with E-state index in [0.717, 1.165) is 5.46 Å². The minimum absolute atomic E-state index is 0.366. The summed E-state index contributed by atoms with van der Waals surface area (Å²) in [6.07, 6.45) is 1.72. The zero-order valence-corrected chi connectivity index (χ0v) is 12.7. The monoisotopic (exact) mass is 283 g/mol. The van der Waals surface area contributed by atoms with Gasteiger partial charge >= 0.3 is 7.12 Å². The summed E-state index contributed by atoms with van der Waals surface area (Å²) in [6, 6.07) is 1.82. The van der Waals surface area contributed by atoms with Crippen LogP contribution in [0.2, 0.25) is 5.02 Å². The predicted octanol–water partition coefficient (Wildman–Crippen LogP) is 2.18. The molecule has 0 unspecified atom stereocenters. The Morgan fingerprint density at radius 1 is 1.26 bits per heavy atom. The number of hydrogen-bond acceptors (Lipinski definition) is 4. The van der Waals surface area contributed by atoms with Gasteiger partial charge in [-0.25, -0.2) is 0 Å². The van der Waals surface area contributed by atoms with E-state index in [4.69, 9.17) is 25.6 Å². The van der Waals surface area contributed by atoms with Crippen LogP contribution >= 0.6 is 11.6 Å². The van der Waals surface area contributed by atoms with Crippen molar-refractivity contribution in [3.63, 3.8) is 0 Å². The molecule has 0 amide bonds. The second-order valence-corrected chi connectivity index (χ2v) is 6.13. The van der Waals surface area contributed by atoms with Crippen LogP contribution in [0.5, 0.6) is 0 Å². The summed E-state index contributed by atoms with van der Waals surface area (Å²) in [5.74, 6) is 0. The van der Waals surface area contributed by atoms with Gasteiger partial charge in [-0.1, -0.05) is 11.6 Å². The highest BCUT2D eigenvalue weighted by molar-refractivity contribution is 6.62. The van der Waals surface area contributed by atoms with Crippen molar-refractivity contribution in [2.24, 2.45) is 0 Å². The highest BCUT2D eigenvalue weighted by Gasteiger charge is 2.51. The zero-order valence-electron chi connectivity index (χ0n) is 12.0. The van der Waals surface area contributed by atoms with Crippen molar-refractivity contribution >= 4 is 24.2 Å². The second-order valence-electron chi connectivity index (χ2n) is 5.72. The molecule has 0 bridgehead atoms. The van der Waals surface area contributed by atoms with E-state index in [1.165, 1.54) is 0 Å². The lowest BCUT2D eigenvalue weighted by atomic mass is 9.80. The van der Waals surface area contributed by atoms with E-state index >= 15 is 0 Å². The Hall–Kier alpha value is -0.615. The molecule has 104 valence electrons. The van der Waals surface area contributed by atoms with E-state index < -0.39 is 7.12 Å². The lowest BCUT2D eigenvalue weighted by molar-refractivity contribution is 0.00578. The summed E-state index contributed by atoms with van der Waals surface area (Å²) in [5, 5.41) is 0.564. The molecule has 0 radical (unpaired) electrons. The Kier molecular flexibility index (Phi) is 3.93. The van der Waals surface area contributed by atoms with Crippen LogP contribution in [0.3, 0.4) is 0 Å². The molecule has 1 saturated heterocycles. The van der Waals surface area contributed by atoms with Crippen LogP contribution in [0.1, 0.15) is 33.4 Å². The Labute approximate surface area is 119 Å². The molecule has 2 rings (SSSR count). The van der Waals surface area contributed by atoms with Crippen LogP contribution in [0.4, 0.5) is 0 Å². The second kappa shape index (κ2) is 5.06. The summed E-state index contributed by atoms with van der Waals surface area (Å²) in [4.78, 5) is 4.29. The molecule has 4 nitrogen and oxygen atoms in total. The molecule has 0 N–H and O–H groups in total. The first-order chi connectivity index (χ1) is 8.77. The maximum Gasteiger partial charge on any atom is 0.496 e. The third kappa shape index (κ3) is 2.79. The molecular formula is C13H19BClNO3. The molecule has 1 aromatic rings. The van der Waals surface area contributed by atoms with Crippen LogP contribution in [-0.2, 0) is 20.7 Å². The molecule has 0 aliphatic carbocycles. The molecule has 19 heavy (non-hydrogen) atoms. The Morgan fingerprint density at radius 2 is 1.84 bits per heavy atom. The molecule has 0 saturated carbocycles. The van der Waals surface area contributed by atoms with Gasteiger partial charge in [0.15, 0.2) is 0 Å². The fourth-order valence-electron chi connectivity index (χ4n) is 1.83. The number of rotatable bonds is 3. The zero-order chi connectivity index (χ0) is 14.3. The summed E-state index contributed by atoms with van der Waals surface area (Å²) in [7, 11) is 1.17. The molecular weight excluding hydrogens is 264 g/mol. The number of ether oxygens (including phenoxy) is 1. The van der Waals surface area contributed by atoms with E-state index in [-0.39, 0.29) is 11.2 Å². The number of methoxy groups -OCH3 is 1. The first-order valence-electron chi connectivity index (χ1n) is 6.26. The highest BCUT2D eigenvalue weighted by Crippen LogP contribution is 2.36. The van der Waals surface area contributed by atoms with E-state index in [2.05, 4.69) is 4.98 Å². The van der Waals surface area contributed by atoms with Gasteiger partial charge in [-0.3, -0.25) is 4.98 Å². The van der Waals surface area contributed by atoms with Crippen molar-refractivity contribution < 1.29 is 14.0 Å². The van der Waals surface area contributed by atoms with Crippen molar-refractivity contribution in [1.82, 2.24) is 4.98 Å². The largest absolute Gasteiger partial charge is 0.496 e. The standard InChI is InChI=1S/C13H19BClNO3/c1-12(2)13(3,4)19-14(18-12)9-6-10(15)11(8-17-5)16-7-9/h6-7H,8H2,1-5H3. The van der Waals surface area contributed by atoms with Gasteiger partial charge in [-0.05, 0) is 33.8 Å². The van der Waals surface area contributed by atoms with Crippen molar-refractivity contribution in [2.75, 3.05) is 7.11 Å². The van der Waals surface area contributed by atoms with Gasteiger partial charge in [0.2, 0.25) is 0 Å². The van der Waals surface area contributed by atoms with Crippen LogP contribution in [0.25, 0.3) is 0 Å². The fraction of sp³-hybridized carbons (Fsp3) is 0.615. The van der Waals surface area contributed by atoms with E-state index in [1.807, 2.05) is 33.8 Å². The molecule has 6 heteroatoms. The summed E-state index contributed by atoms with van der Waals surface area (Å²) in [5.41, 5.74) is 0.804. The van der Waals surface area contributed by atoms with E-state index in [0.29, 0.717) is 17.3 Å². The van der Waals surface area contributed by atoms with Crippen molar-refractivity contribution in [3.05, 3.63) is 23.0 Å². The van der Waals surface area contributed by atoms with Crippen LogP contribution in [-0.4, -0.2) is 30.4 Å². The van der Waals surface area contributed by atoms with Gasteiger partial charge in [0.05, 0.1) is 28.5 Å². The smallest absolute Gasteiger partial charge is 0.399 e. The highest BCUT2D eigenvalue weighted by atomic mass is 35.5. The van der Waals surface area contributed by atoms with Gasteiger partial charge in [0, 0.05) is 18.8 Å². The van der Waals surface area contributed by atoms with E-state index in [9.17, 15) is 0 Å². The van der Waals surface area contributed by atoms with Gasteiger partial charge < -0.3 is 14.0 Å². The number of pyridine rings is 1. The van der Waals surface area contributed by atoms with Gasteiger partial charge in [0.25, 0.3) is 0 Å². The summed E-state index contributed by atoms with van der Waals surface area (Å²) >= 11 is 6.18. The molecule has 0 atom stereocenters. The normalized spacial score (nSPS) is 20.8. The first kappa shape index (κ1) is 14.8. The van der Waals surface area contributed by atoms with Gasteiger partial charge in [0.1, 0.15) is 0 Å². The first-order valence-corrected chi connectivity index (χ1v) is 6.63. The quantitative estimate of drug-likeness (QED) is 0.797. The molecule has 0 aromatic carbocycles. The third-order valence-electron chi connectivity index (χ3n) is 3.75. The average molecular weight is 284 g/mol. The number of nitrogens with zero attached hydrogens (tertiary/aromatic N) is 1. The summed E-state index contributed by atoms with van der Waals surface area (Å²) < 4.78 is 16.9. The van der Waals surface area contributed by atoms with Crippen LogP contribution in [0, 0.1) is 0 Å². The molecule has 1 aliphatic rings. The molecule has 0 spiro atoms. The lowest BCUT2D eigenvalue weighted by Crippen LogP contribution is -2.41. The number of halogens is 1. The SMILES string of the molecule is COCc1ncc(B2OC(C)(C)C(C)(C)O2)cc1Cl. The van der Waals surface area contributed by atoms with Crippen molar-refractivity contribution in [1.29, 1.82) is 0 Å². The predicted molar refractivity (Wildman–Crippen MR) is 75.7 cm³/mol. The molecule has 1 fully saturated rings. The van der Waals surface area contributed by atoms with E-state index in [1.54, 1.807) is 13.3 Å². The fourth-order valence-corrected chi connectivity index (χ4v) is 2.06. The Morgan fingerprint density at radius 3 is 2.32 bits per heavy atom. The maximum absolute atomic E-state index is 6.18. The topological polar surface area (TPSA) is 40.6 Å². The third-order valence-corrected chi connectivity index (χ3v) is 4.07. The Balaban J connectivity index is 2.23. The Bertz CT molecular complexity index is 463. The molecule has 1 aromatic heterocycles. The van der Waals surface area contributed by atoms with Crippen molar-refractivity contribution in [3.8, 4) is 0 Å². The average Bonchev–Trinajstić information content (AvgIpc) is 2.51. The van der Waals surface area contributed by atoms with Crippen LogP contribution in [0.15, 0.2) is 12.3 Å². The number of hydrogen-bond donors (Lipinski definition) is 0. The van der Waals surface area contributed by atoms with Crippen LogP contribution < -0.4 is 5.46 Å². The molecule has 2 heterocycles. The van der Waals surface area contributed by atoms with Gasteiger partial charge in [-0.15, -0.1) is 0 Å². The molecule has 1 aliphatic heterocycles. The lowest BCUT2D eigenvalue weighted by Gasteiger charge is -2.32. The van der Waals surface area contributed by atoms with Crippen molar-refractivity contribution in [2.45, 2.75) is 45.5 Å². The summed E-state index contributed by atoms with van der Waals surface area (Å²) in [6.45, 7) is 8.45. The maximum atomic E-state index is 6.18. The number of aromatic nitrogens is 1. The minimum atomic E-state index is -0.438.